The summed E-state index contributed by atoms with van der Waals surface area (Å²) in [5.74, 6) is 1.50. The number of rotatable bonds is 3. The molecule has 2 N–H and O–H groups in total. The van der Waals surface area contributed by atoms with Crippen molar-refractivity contribution in [3.05, 3.63) is 28.2 Å². The van der Waals surface area contributed by atoms with Gasteiger partial charge < -0.3 is 10.6 Å². The van der Waals surface area contributed by atoms with E-state index in [1.54, 1.807) is 0 Å². The van der Waals surface area contributed by atoms with E-state index in [-0.39, 0.29) is 0 Å². The Morgan fingerprint density at radius 1 is 1.32 bits per heavy atom. The molecule has 1 aromatic carbocycles. The molecule has 106 valence electrons. The number of benzene rings is 1. The number of nitrogens with two attached hydrogens (primary N) is 1. The van der Waals surface area contributed by atoms with Crippen molar-refractivity contribution in [3.8, 4) is 0 Å². The number of hydrogen-bond donors (Lipinski definition) is 1. The summed E-state index contributed by atoms with van der Waals surface area (Å²) >= 11 is 3.61. The molecule has 0 spiro atoms. The predicted octanol–water partition coefficient (Wildman–Crippen LogP) is 3.82. The number of piperidine rings is 1. The van der Waals surface area contributed by atoms with E-state index in [0.29, 0.717) is 12.6 Å². The van der Waals surface area contributed by atoms with Crippen molar-refractivity contribution in [3.63, 3.8) is 0 Å². The number of nitrogens with zero attached hydrogens (tertiary/aromatic N) is 1. The third-order valence-electron chi connectivity index (χ3n) is 4.37. The molecule has 2 rings (SSSR count). The Kier molecular flexibility index (Phi) is 4.91. The van der Waals surface area contributed by atoms with Gasteiger partial charge in [0.1, 0.15) is 0 Å². The van der Waals surface area contributed by atoms with Gasteiger partial charge in [-0.2, -0.15) is 0 Å². The Bertz CT molecular complexity index is 433. The topological polar surface area (TPSA) is 29.3 Å². The Morgan fingerprint density at radius 2 is 2.05 bits per heavy atom. The van der Waals surface area contributed by atoms with Crippen molar-refractivity contribution in [2.45, 2.75) is 39.7 Å². The second-order valence-electron chi connectivity index (χ2n) is 6.02. The third-order valence-corrected chi connectivity index (χ3v) is 4.86. The second kappa shape index (κ2) is 6.27. The summed E-state index contributed by atoms with van der Waals surface area (Å²) < 4.78 is 1.15. The van der Waals surface area contributed by atoms with Crippen molar-refractivity contribution in [2.24, 2.45) is 17.6 Å². The zero-order chi connectivity index (χ0) is 14.0. The summed E-state index contributed by atoms with van der Waals surface area (Å²) in [6, 6.07) is 7.19. The van der Waals surface area contributed by atoms with Crippen LogP contribution >= 0.6 is 15.9 Å². The average molecular weight is 325 g/mol. The van der Waals surface area contributed by atoms with Crippen molar-refractivity contribution >= 4 is 21.6 Å². The van der Waals surface area contributed by atoms with E-state index in [1.165, 1.54) is 17.7 Å². The van der Waals surface area contributed by atoms with Crippen LogP contribution in [-0.4, -0.2) is 19.1 Å². The molecule has 1 aromatic rings. The van der Waals surface area contributed by atoms with Crippen molar-refractivity contribution < 1.29 is 0 Å². The zero-order valence-electron chi connectivity index (χ0n) is 12.2. The maximum absolute atomic E-state index is 5.76. The van der Waals surface area contributed by atoms with Gasteiger partial charge in [0.2, 0.25) is 0 Å². The fourth-order valence-electron chi connectivity index (χ4n) is 3.20. The molecule has 0 aromatic heterocycles. The molecule has 2 nitrogen and oxygen atoms in total. The first-order chi connectivity index (χ1) is 9.02. The molecule has 3 unspecified atom stereocenters. The molecule has 0 amide bonds. The first-order valence-electron chi connectivity index (χ1n) is 7.28. The number of hydrogen-bond acceptors (Lipinski definition) is 2. The molecular weight excluding hydrogens is 300 g/mol. The molecule has 0 bridgehead atoms. The lowest BCUT2D eigenvalue weighted by Crippen LogP contribution is -2.46. The lowest BCUT2D eigenvalue weighted by Gasteiger charge is -2.43. The van der Waals surface area contributed by atoms with Gasteiger partial charge in [0, 0.05) is 22.7 Å². The SMILES string of the molecule is CC1CC(C)C(C)N(c2cc(Br)ccc2CCN)C1. The Morgan fingerprint density at radius 3 is 2.74 bits per heavy atom. The predicted molar refractivity (Wildman–Crippen MR) is 86.7 cm³/mol. The average Bonchev–Trinajstić information content (AvgIpc) is 2.36. The van der Waals surface area contributed by atoms with E-state index >= 15 is 0 Å². The highest BCUT2D eigenvalue weighted by Crippen LogP contribution is 2.34. The van der Waals surface area contributed by atoms with Crippen LogP contribution in [0.4, 0.5) is 5.69 Å². The van der Waals surface area contributed by atoms with Gasteiger partial charge in [-0.3, -0.25) is 0 Å². The highest BCUT2D eigenvalue weighted by molar-refractivity contribution is 9.10. The van der Waals surface area contributed by atoms with Crippen LogP contribution in [0.2, 0.25) is 0 Å². The van der Waals surface area contributed by atoms with Crippen LogP contribution in [0.15, 0.2) is 22.7 Å². The quantitative estimate of drug-likeness (QED) is 0.915. The Balaban J connectivity index is 2.35. The third kappa shape index (κ3) is 3.32. The molecule has 0 radical (unpaired) electrons. The number of halogens is 1. The smallest absolute Gasteiger partial charge is 0.0413 e. The first-order valence-corrected chi connectivity index (χ1v) is 8.07. The van der Waals surface area contributed by atoms with Crippen molar-refractivity contribution in [1.82, 2.24) is 0 Å². The van der Waals surface area contributed by atoms with Gasteiger partial charge in [-0.1, -0.05) is 35.8 Å². The highest BCUT2D eigenvalue weighted by atomic mass is 79.9. The van der Waals surface area contributed by atoms with Crippen molar-refractivity contribution in [2.75, 3.05) is 18.0 Å². The van der Waals surface area contributed by atoms with Crippen LogP contribution in [0.25, 0.3) is 0 Å². The second-order valence-corrected chi connectivity index (χ2v) is 6.94. The summed E-state index contributed by atoms with van der Waals surface area (Å²) in [6.45, 7) is 8.94. The Hall–Kier alpha value is -0.540. The monoisotopic (exact) mass is 324 g/mol. The van der Waals surface area contributed by atoms with Crippen molar-refractivity contribution in [1.29, 1.82) is 0 Å². The standard InChI is InChI=1S/C16H25BrN2/c1-11-8-12(2)13(3)19(10-11)16-9-15(17)5-4-14(16)6-7-18/h4-5,9,11-13H,6-8,10,18H2,1-3H3. The van der Waals surface area contributed by atoms with Crippen LogP contribution < -0.4 is 10.6 Å². The molecule has 3 heteroatoms. The van der Waals surface area contributed by atoms with E-state index in [4.69, 9.17) is 5.73 Å². The lowest BCUT2D eigenvalue weighted by atomic mass is 9.85. The van der Waals surface area contributed by atoms with Gasteiger partial charge in [-0.05, 0) is 55.8 Å². The van der Waals surface area contributed by atoms with E-state index in [0.717, 1.165) is 29.3 Å². The van der Waals surface area contributed by atoms with Gasteiger partial charge in [-0.15, -0.1) is 0 Å². The summed E-state index contributed by atoms with van der Waals surface area (Å²) in [6.07, 6.45) is 2.28. The van der Waals surface area contributed by atoms with Gasteiger partial charge in [0.25, 0.3) is 0 Å². The molecule has 1 heterocycles. The van der Waals surface area contributed by atoms with Gasteiger partial charge in [-0.25, -0.2) is 0 Å². The van der Waals surface area contributed by atoms with Crippen LogP contribution in [0.5, 0.6) is 0 Å². The highest BCUT2D eigenvalue weighted by Gasteiger charge is 2.29. The molecule has 3 atom stereocenters. The molecule has 1 fully saturated rings. The van der Waals surface area contributed by atoms with E-state index in [2.05, 4.69) is 59.8 Å². The Labute approximate surface area is 125 Å². The van der Waals surface area contributed by atoms with Crippen LogP contribution in [-0.2, 0) is 6.42 Å². The number of anilines is 1. The molecular formula is C16H25BrN2. The van der Waals surface area contributed by atoms with Gasteiger partial charge in [0.05, 0.1) is 0 Å². The summed E-state index contributed by atoms with van der Waals surface area (Å²) in [5, 5.41) is 0. The summed E-state index contributed by atoms with van der Waals surface area (Å²) in [7, 11) is 0. The van der Waals surface area contributed by atoms with Crippen LogP contribution in [0, 0.1) is 11.8 Å². The molecule has 0 saturated carbocycles. The van der Waals surface area contributed by atoms with Gasteiger partial charge >= 0.3 is 0 Å². The fourth-order valence-corrected chi connectivity index (χ4v) is 3.55. The molecule has 0 aliphatic carbocycles. The van der Waals surface area contributed by atoms with E-state index in [9.17, 15) is 0 Å². The lowest BCUT2D eigenvalue weighted by molar-refractivity contribution is 0.296. The zero-order valence-corrected chi connectivity index (χ0v) is 13.8. The minimum atomic E-state index is 0.599. The minimum Gasteiger partial charge on any atom is -0.368 e. The summed E-state index contributed by atoms with van der Waals surface area (Å²) in [4.78, 5) is 2.58. The van der Waals surface area contributed by atoms with Crippen LogP contribution in [0.1, 0.15) is 32.8 Å². The first kappa shape index (κ1) is 14.9. The molecule has 19 heavy (non-hydrogen) atoms. The molecule has 1 aliphatic heterocycles. The van der Waals surface area contributed by atoms with Gasteiger partial charge in [0.15, 0.2) is 0 Å². The normalized spacial score (nSPS) is 27.6. The fraction of sp³-hybridized carbons (Fsp3) is 0.625. The maximum atomic E-state index is 5.76. The molecule has 1 aliphatic rings. The summed E-state index contributed by atoms with van der Waals surface area (Å²) in [5.41, 5.74) is 8.50. The largest absolute Gasteiger partial charge is 0.368 e. The minimum absolute atomic E-state index is 0.599. The van der Waals surface area contributed by atoms with E-state index < -0.39 is 0 Å². The van der Waals surface area contributed by atoms with E-state index in [1.807, 2.05) is 0 Å². The maximum Gasteiger partial charge on any atom is 0.0413 e. The molecule has 1 saturated heterocycles. The van der Waals surface area contributed by atoms with Crippen LogP contribution in [0.3, 0.4) is 0 Å².